The van der Waals surface area contributed by atoms with Crippen molar-refractivity contribution in [1.29, 1.82) is 0 Å². The zero-order valence-electron chi connectivity index (χ0n) is 14.5. The number of piperidine rings is 1. The van der Waals surface area contributed by atoms with Gasteiger partial charge in [0.05, 0.1) is 5.69 Å². The zero-order chi connectivity index (χ0) is 17.8. The summed E-state index contributed by atoms with van der Waals surface area (Å²) in [5.74, 6) is 0.490. The predicted octanol–water partition coefficient (Wildman–Crippen LogP) is 2.67. The van der Waals surface area contributed by atoms with E-state index in [0.717, 1.165) is 43.7 Å². The first-order valence-electron chi connectivity index (χ1n) is 8.87. The van der Waals surface area contributed by atoms with Gasteiger partial charge in [-0.1, -0.05) is 0 Å². The number of rotatable bonds is 5. The number of likely N-dealkylation sites (tertiary alicyclic amines) is 1. The van der Waals surface area contributed by atoms with Crippen LogP contribution in [0.25, 0.3) is 11.3 Å². The Hall–Kier alpha value is -2.38. The van der Waals surface area contributed by atoms with Gasteiger partial charge in [0.15, 0.2) is 0 Å². The van der Waals surface area contributed by atoms with Gasteiger partial charge in [-0.15, -0.1) is 0 Å². The minimum atomic E-state index is -0.0328. The first-order valence-corrected chi connectivity index (χ1v) is 9.71. The smallest absolute Gasteiger partial charge is 0.266 e. The summed E-state index contributed by atoms with van der Waals surface area (Å²) in [6.45, 7) is 3.77. The van der Waals surface area contributed by atoms with Crippen LogP contribution in [0.2, 0.25) is 0 Å². The Labute approximate surface area is 156 Å². The highest BCUT2D eigenvalue weighted by atomic mass is 32.1. The molecule has 0 bridgehead atoms. The maximum atomic E-state index is 12.2. The van der Waals surface area contributed by atoms with Crippen LogP contribution in [0.15, 0.2) is 53.0 Å². The van der Waals surface area contributed by atoms with Crippen molar-refractivity contribution in [1.82, 2.24) is 24.0 Å². The zero-order valence-corrected chi connectivity index (χ0v) is 15.3. The van der Waals surface area contributed by atoms with Gasteiger partial charge in [0.1, 0.15) is 0 Å². The van der Waals surface area contributed by atoms with E-state index in [1.807, 2.05) is 18.3 Å². The van der Waals surface area contributed by atoms with Gasteiger partial charge in [-0.05, 0) is 67.1 Å². The van der Waals surface area contributed by atoms with Crippen molar-refractivity contribution >= 4 is 11.5 Å². The van der Waals surface area contributed by atoms with E-state index in [2.05, 4.69) is 24.7 Å². The number of hydrogen-bond acceptors (Lipinski definition) is 6. The third-order valence-electron chi connectivity index (χ3n) is 4.87. The average molecular weight is 367 g/mol. The Morgan fingerprint density at radius 2 is 1.92 bits per heavy atom. The molecule has 3 aromatic rings. The summed E-state index contributed by atoms with van der Waals surface area (Å²) in [6, 6.07) is 7.22. The normalized spacial score (nSPS) is 16.0. The molecule has 4 heterocycles. The second-order valence-electron chi connectivity index (χ2n) is 6.73. The van der Waals surface area contributed by atoms with Crippen LogP contribution in [0.4, 0.5) is 0 Å². The van der Waals surface area contributed by atoms with Gasteiger partial charge < -0.3 is 0 Å². The van der Waals surface area contributed by atoms with E-state index in [-0.39, 0.29) is 5.56 Å². The lowest BCUT2D eigenvalue weighted by Gasteiger charge is -2.31. The standard InChI is InChI=1S/C19H21N5OS/c25-19-2-1-18(17-3-7-20-8-4-17)22-24(19)13-15-5-9-23(10-6-15)12-16-11-21-26-14-16/h1-4,7-8,11,14-15H,5-6,9-10,12-13H2. The first-order chi connectivity index (χ1) is 12.8. The van der Waals surface area contributed by atoms with E-state index in [1.165, 1.54) is 17.1 Å². The Balaban J connectivity index is 1.39. The molecule has 7 heteroatoms. The molecule has 1 saturated heterocycles. The maximum Gasteiger partial charge on any atom is 0.266 e. The molecule has 1 aliphatic heterocycles. The molecule has 134 valence electrons. The quantitative estimate of drug-likeness (QED) is 0.694. The Kier molecular flexibility index (Phi) is 5.17. The molecule has 0 aliphatic carbocycles. The molecule has 0 N–H and O–H groups in total. The summed E-state index contributed by atoms with van der Waals surface area (Å²) in [5.41, 5.74) is 3.05. The van der Waals surface area contributed by atoms with Crippen LogP contribution in [-0.2, 0) is 13.1 Å². The van der Waals surface area contributed by atoms with Gasteiger partial charge in [0.25, 0.3) is 5.56 Å². The third kappa shape index (κ3) is 4.05. The molecular formula is C19H21N5OS. The molecule has 0 atom stereocenters. The molecule has 6 nitrogen and oxygen atoms in total. The molecular weight excluding hydrogens is 346 g/mol. The topological polar surface area (TPSA) is 63.9 Å². The van der Waals surface area contributed by atoms with Crippen LogP contribution in [0, 0.1) is 5.92 Å². The summed E-state index contributed by atoms with van der Waals surface area (Å²) >= 11 is 1.50. The van der Waals surface area contributed by atoms with Crippen molar-refractivity contribution in [2.45, 2.75) is 25.9 Å². The second kappa shape index (κ2) is 7.88. The number of pyridine rings is 1. The summed E-state index contributed by atoms with van der Waals surface area (Å²) in [5, 5.41) is 6.68. The summed E-state index contributed by atoms with van der Waals surface area (Å²) in [4.78, 5) is 18.7. The van der Waals surface area contributed by atoms with E-state index in [1.54, 1.807) is 29.2 Å². The summed E-state index contributed by atoms with van der Waals surface area (Å²) in [7, 11) is 0. The van der Waals surface area contributed by atoms with Crippen LogP contribution in [0.5, 0.6) is 0 Å². The molecule has 1 aliphatic rings. The fraction of sp³-hybridized carbons (Fsp3) is 0.368. The van der Waals surface area contributed by atoms with Crippen LogP contribution in [0.3, 0.4) is 0 Å². The van der Waals surface area contributed by atoms with Gasteiger partial charge in [-0.25, -0.2) is 9.06 Å². The number of nitrogens with zero attached hydrogens (tertiary/aromatic N) is 5. The van der Waals surface area contributed by atoms with Crippen molar-refractivity contribution < 1.29 is 0 Å². The fourth-order valence-corrected chi connectivity index (χ4v) is 3.92. The van der Waals surface area contributed by atoms with Gasteiger partial charge in [0.2, 0.25) is 0 Å². The molecule has 0 unspecified atom stereocenters. The Morgan fingerprint density at radius 3 is 2.65 bits per heavy atom. The minimum absolute atomic E-state index is 0.0328. The van der Waals surface area contributed by atoms with Gasteiger partial charge in [0, 0.05) is 48.7 Å². The molecule has 0 saturated carbocycles. The number of hydrogen-bond donors (Lipinski definition) is 0. The molecule has 0 aromatic carbocycles. The van der Waals surface area contributed by atoms with Crippen molar-refractivity contribution in [3.05, 3.63) is 64.2 Å². The summed E-state index contributed by atoms with van der Waals surface area (Å²) in [6.07, 6.45) is 7.61. The molecule has 4 rings (SSSR count). The van der Waals surface area contributed by atoms with Crippen molar-refractivity contribution in [2.24, 2.45) is 5.92 Å². The average Bonchev–Trinajstić information content (AvgIpc) is 3.19. The van der Waals surface area contributed by atoms with Crippen LogP contribution in [-0.4, -0.2) is 37.1 Å². The predicted molar refractivity (Wildman–Crippen MR) is 102 cm³/mol. The fourth-order valence-electron chi connectivity index (χ4n) is 3.39. The van der Waals surface area contributed by atoms with E-state index in [4.69, 9.17) is 0 Å². The van der Waals surface area contributed by atoms with E-state index < -0.39 is 0 Å². The minimum Gasteiger partial charge on any atom is -0.299 e. The lowest BCUT2D eigenvalue weighted by molar-refractivity contribution is 0.163. The van der Waals surface area contributed by atoms with Crippen LogP contribution in [0.1, 0.15) is 18.4 Å². The van der Waals surface area contributed by atoms with Gasteiger partial charge in [-0.3, -0.25) is 14.7 Å². The molecule has 1 fully saturated rings. The van der Waals surface area contributed by atoms with E-state index in [0.29, 0.717) is 12.5 Å². The highest BCUT2D eigenvalue weighted by molar-refractivity contribution is 7.03. The molecule has 26 heavy (non-hydrogen) atoms. The van der Waals surface area contributed by atoms with E-state index >= 15 is 0 Å². The number of aromatic nitrogens is 4. The van der Waals surface area contributed by atoms with Crippen molar-refractivity contribution in [2.75, 3.05) is 13.1 Å². The SMILES string of the molecule is O=c1ccc(-c2ccncc2)nn1CC1CCN(Cc2cnsc2)CC1. The maximum absolute atomic E-state index is 12.2. The van der Waals surface area contributed by atoms with Crippen LogP contribution < -0.4 is 5.56 Å². The van der Waals surface area contributed by atoms with Gasteiger partial charge >= 0.3 is 0 Å². The third-order valence-corrected chi connectivity index (χ3v) is 5.51. The van der Waals surface area contributed by atoms with Crippen molar-refractivity contribution in [3.63, 3.8) is 0 Å². The molecule has 3 aromatic heterocycles. The lowest BCUT2D eigenvalue weighted by Crippen LogP contribution is -2.36. The molecule has 0 spiro atoms. The molecule has 0 amide bonds. The second-order valence-corrected chi connectivity index (χ2v) is 7.38. The lowest BCUT2D eigenvalue weighted by atomic mass is 9.96. The monoisotopic (exact) mass is 367 g/mol. The molecule has 0 radical (unpaired) electrons. The van der Waals surface area contributed by atoms with Crippen molar-refractivity contribution in [3.8, 4) is 11.3 Å². The van der Waals surface area contributed by atoms with Crippen LogP contribution >= 0.6 is 11.5 Å². The highest BCUT2D eigenvalue weighted by Gasteiger charge is 2.20. The van der Waals surface area contributed by atoms with E-state index in [9.17, 15) is 4.79 Å². The highest BCUT2D eigenvalue weighted by Crippen LogP contribution is 2.21. The summed E-state index contributed by atoms with van der Waals surface area (Å²) < 4.78 is 5.79. The first kappa shape index (κ1) is 17.1. The Morgan fingerprint density at radius 1 is 1.12 bits per heavy atom. The Bertz CT molecular complexity index is 886. The largest absolute Gasteiger partial charge is 0.299 e. The van der Waals surface area contributed by atoms with Gasteiger partial charge in [-0.2, -0.15) is 5.10 Å².